The van der Waals surface area contributed by atoms with Gasteiger partial charge in [-0.25, -0.2) is 13.1 Å². The fourth-order valence-corrected chi connectivity index (χ4v) is 4.08. The van der Waals surface area contributed by atoms with Gasteiger partial charge in [-0.2, -0.15) is 5.10 Å². The van der Waals surface area contributed by atoms with E-state index in [0.717, 1.165) is 56.8 Å². The summed E-state index contributed by atoms with van der Waals surface area (Å²) in [6, 6.07) is 2.06. The first-order valence-electron chi connectivity index (χ1n) is 9.94. The van der Waals surface area contributed by atoms with Crippen LogP contribution in [-0.4, -0.2) is 69.3 Å². The SMILES string of the molecule is CN=C(NCCCn1nc(C)cc1C)NCCS(=O)(=O)NCC1CCCCO1. The molecule has 0 amide bonds. The lowest BCUT2D eigenvalue weighted by Crippen LogP contribution is -2.42. The molecule has 1 saturated heterocycles. The zero-order valence-corrected chi connectivity index (χ0v) is 18.0. The van der Waals surface area contributed by atoms with Gasteiger partial charge in [0.1, 0.15) is 0 Å². The second-order valence-electron chi connectivity index (χ2n) is 7.09. The molecule has 1 atom stereocenters. The predicted molar refractivity (Wildman–Crippen MR) is 111 cm³/mol. The third-order valence-corrected chi connectivity index (χ3v) is 5.98. The average molecular weight is 415 g/mol. The minimum atomic E-state index is -3.34. The Morgan fingerprint density at radius 1 is 1.32 bits per heavy atom. The lowest BCUT2D eigenvalue weighted by molar-refractivity contribution is 0.0200. The van der Waals surface area contributed by atoms with Gasteiger partial charge in [0, 0.05) is 45.5 Å². The zero-order valence-electron chi connectivity index (χ0n) is 17.2. The van der Waals surface area contributed by atoms with Crippen molar-refractivity contribution in [3.8, 4) is 0 Å². The molecule has 10 heteroatoms. The van der Waals surface area contributed by atoms with E-state index in [1.54, 1.807) is 7.05 Å². The van der Waals surface area contributed by atoms with E-state index in [2.05, 4.69) is 31.5 Å². The first-order valence-corrected chi connectivity index (χ1v) is 11.6. The molecular formula is C18H34N6O3S. The summed E-state index contributed by atoms with van der Waals surface area (Å²) in [7, 11) is -1.67. The quantitative estimate of drug-likeness (QED) is 0.293. The van der Waals surface area contributed by atoms with Gasteiger partial charge in [0.05, 0.1) is 17.6 Å². The number of sulfonamides is 1. The molecule has 1 unspecified atom stereocenters. The van der Waals surface area contributed by atoms with Crippen molar-refractivity contribution in [2.45, 2.75) is 52.2 Å². The van der Waals surface area contributed by atoms with E-state index in [1.807, 2.05) is 18.5 Å². The highest BCUT2D eigenvalue weighted by Gasteiger charge is 2.17. The molecule has 1 aliphatic heterocycles. The fourth-order valence-electron chi connectivity index (χ4n) is 3.12. The third-order valence-electron chi connectivity index (χ3n) is 4.63. The summed E-state index contributed by atoms with van der Waals surface area (Å²) in [6.07, 6.45) is 3.95. The maximum Gasteiger partial charge on any atom is 0.213 e. The van der Waals surface area contributed by atoms with Gasteiger partial charge in [-0.1, -0.05) is 0 Å². The lowest BCUT2D eigenvalue weighted by Gasteiger charge is -2.22. The summed E-state index contributed by atoms with van der Waals surface area (Å²) in [5, 5.41) is 10.7. The van der Waals surface area contributed by atoms with E-state index >= 15 is 0 Å². The monoisotopic (exact) mass is 414 g/mol. The molecule has 0 aromatic carbocycles. The summed E-state index contributed by atoms with van der Waals surface area (Å²) in [4.78, 5) is 4.13. The highest BCUT2D eigenvalue weighted by atomic mass is 32.2. The molecule has 1 aromatic rings. The number of ether oxygens (including phenoxy) is 1. The molecule has 0 saturated carbocycles. The highest BCUT2D eigenvalue weighted by molar-refractivity contribution is 7.89. The van der Waals surface area contributed by atoms with E-state index in [-0.39, 0.29) is 18.4 Å². The Balaban J connectivity index is 1.61. The second kappa shape index (κ2) is 11.4. The van der Waals surface area contributed by atoms with Gasteiger partial charge in [-0.3, -0.25) is 9.67 Å². The fraction of sp³-hybridized carbons (Fsp3) is 0.778. The van der Waals surface area contributed by atoms with E-state index < -0.39 is 10.0 Å². The summed E-state index contributed by atoms with van der Waals surface area (Å²) >= 11 is 0. The van der Waals surface area contributed by atoms with E-state index in [1.165, 1.54) is 0 Å². The third kappa shape index (κ3) is 8.15. The number of aromatic nitrogens is 2. The van der Waals surface area contributed by atoms with Crippen molar-refractivity contribution < 1.29 is 13.2 Å². The Hall–Kier alpha value is -1.65. The van der Waals surface area contributed by atoms with Crippen LogP contribution >= 0.6 is 0 Å². The first-order chi connectivity index (χ1) is 13.4. The second-order valence-corrected chi connectivity index (χ2v) is 9.01. The van der Waals surface area contributed by atoms with Gasteiger partial charge >= 0.3 is 0 Å². The molecular weight excluding hydrogens is 380 g/mol. The van der Waals surface area contributed by atoms with Crippen LogP contribution in [-0.2, 0) is 21.3 Å². The summed E-state index contributed by atoms with van der Waals surface area (Å²) < 4.78 is 34.4. The van der Waals surface area contributed by atoms with Crippen molar-refractivity contribution in [3.05, 3.63) is 17.5 Å². The molecule has 2 heterocycles. The van der Waals surface area contributed by atoms with Crippen LogP contribution in [0.3, 0.4) is 0 Å². The average Bonchev–Trinajstić information content (AvgIpc) is 3.00. The smallest absolute Gasteiger partial charge is 0.213 e. The number of hydrogen-bond acceptors (Lipinski definition) is 5. The van der Waals surface area contributed by atoms with Crippen LogP contribution in [0.1, 0.15) is 37.1 Å². The molecule has 0 radical (unpaired) electrons. The molecule has 9 nitrogen and oxygen atoms in total. The number of rotatable bonds is 10. The van der Waals surface area contributed by atoms with Gasteiger partial charge < -0.3 is 15.4 Å². The van der Waals surface area contributed by atoms with Crippen LogP contribution in [0, 0.1) is 13.8 Å². The largest absolute Gasteiger partial charge is 0.377 e. The Morgan fingerprint density at radius 3 is 2.75 bits per heavy atom. The predicted octanol–water partition coefficient (Wildman–Crippen LogP) is 0.544. The summed E-state index contributed by atoms with van der Waals surface area (Å²) in [5.41, 5.74) is 2.17. The summed E-state index contributed by atoms with van der Waals surface area (Å²) in [6.45, 7) is 6.93. The first kappa shape index (κ1) is 22.6. The van der Waals surface area contributed by atoms with Crippen LogP contribution in [0.25, 0.3) is 0 Å². The minimum Gasteiger partial charge on any atom is -0.377 e. The van der Waals surface area contributed by atoms with Crippen molar-refractivity contribution in [2.75, 3.05) is 39.0 Å². The minimum absolute atomic E-state index is 0.00636. The van der Waals surface area contributed by atoms with Gasteiger partial charge in [0.25, 0.3) is 0 Å². The molecule has 1 fully saturated rings. The number of aryl methyl sites for hydroxylation is 3. The van der Waals surface area contributed by atoms with Gasteiger partial charge in [0.2, 0.25) is 10.0 Å². The number of nitrogens with one attached hydrogen (secondary N) is 3. The number of aliphatic imine (C=N–C) groups is 1. The van der Waals surface area contributed by atoms with Gasteiger partial charge in [0.15, 0.2) is 5.96 Å². The molecule has 2 rings (SSSR count). The van der Waals surface area contributed by atoms with Gasteiger partial charge in [-0.05, 0) is 45.6 Å². The maximum absolute atomic E-state index is 12.1. The lowest BCUT2D eigenvalue weighted by atomic mass is 10.1. The van der Waals surface area contributed by atoms with E-state index in [9.17, 15) is 8.42 Å². The Kier molecular flexibility index (Phi) is 9.20. The molecule has 28 heavy (non-hydrogen) atoms. The molecule has 1 aliphatic rings. The van der Waals surface area contributed by atoms with Crippen LogP contribution < -0.4 is 15.4 Å². The number of guanidine groups is 1. The Morgan fingerprint density at radius 2 is 2.11 bits per heavy atom. The van der Waals surface area contributed by atoms with Crippen molar-refractivity contribution in [3.63, 3.8) is 0 Å². The van der Waals surface area contributed by atoms with E-state index in [4.69, 9.17) is 4.74 Å². The topological polar surface area (TPSA) is 110 Å². The molecule has 0 aliphatic carbocycles. The number of nitrogens with zero attached hydrogens (tertiary/aromatic N) is 3. The van der Waals surface area contributed by atoms with Crippen molar-refractivity contribution >= 4 is 16.0 Å². The van der Waals surface area contributed by atoms with Crippen LogP contribution in [0.15, 0.2) is 11.1 Å². The zero-order chi connectivity index (χ0) is 20.4. The Labute approximate surface area is 168 Å². The number of hydrogen-bond donors (Lipinski definition) is 3. The maximum atomic E-state index is 12.1. The summed E-state index contributed by atoms with van der Waals surface area (Å²) in [5.74, 6) is 0.589. The highest BCUT2D eigenvalue weighted by Crippen LogP contribution is 2.11. The van der Waals surface area contributed by atoms with Crippen LogP contribution in [0.5, 0.6) is 0 Å². The normalized spacial score (nSPS) is 18.2. The molecule has 3 N–H and O–H groups in total. The van der Waals surface area contributed by atoms with Crippen molar-refractivity contribution in [1.29, 1.82) is 0 Å². The molecule has 0 bridgehead atoms. The molecule has 160 valence electrons. The Bertz CT molecular complexity index is 726. The van der Waals surface area contributed by atoms with Crippen molar-refractivity contribution in [1.82, 2.24) is 25.1 Å². The van der Waals surface area contributed by atoms with Gasteiger partial charge in [-0.15, -0.1) is 0 Å². The van der Waals surface area contributed by atoms with Crippen LogP contribution in [0.2, 0.25) is 0 Å². The standard InChI is InChI=1S/C18H34N6O3S/c1-15-13-16(2)24(23-15)10-6-8-20-18(19-3)21-9-12-28(25,26)22-14-17-7-4-5-11-27-17/h13,17,22H,4-12,14H2,1-3H3,(H2,19,20,21). The van der Waals surface area contributed by atoms with Crippen molar-refractivity contribution in [2.24, 2.45) is 4.99 Å². The van der Waals surface area contributed by atoms with E-state index in [0.29, 0.717) is 12.5 Å². The molecule has 0 spiro atoms. The molecule has 1 aromatic heterocycles. The van der Waals surface area contributed by atoms with Crippen LogP contribution in [0.4, 0.5) is 0 Å².